The molecule has 4 nitrogen and oxygen atoms in total. The van der Waals surface area contributed by atoms with Crippen molar-refractivity contribution in [2.45, 2.75) is 46.3 Å². The van der Waals surface area contributed by atoms with Crippen molar-refractivity contribution < 1.29 is 5.12 Å². The summed E-state index contributed by atoms with van der Waals surface area (Å²) >= 11 is 0. The molecule has 4 heteroatoms. The molecule has 12 heavy (non-hydrogen) atoms. The second-order valence-electron chi connectivity index (χ2n) is 4.58. The molecular weight excluding hydrogens is 152 g/mol. The Kier molecular flexibility index (Phi) is 2.49. The van der Waals surface area contributed by atoms with Gasteiger partial charge in [0.05, 0.1) is 0 Å². The number of quaternary nitrogens is 1. The van der Waals surface area contributed by atoms with Gasteiger partial charge in [-0.1, -0.05) is 13.8 Å². The molecule has 2 atom stereocenters. The number of nitrogens with one attached hydrogen (secondary N) is 1. The third kappa shape index (κ3) is 2.01. The first kappa shape index (κ1) is 9.61. The topological polar surface area (TPSA) is 43.3 Å². The van der Waals surface area contributed by atoms with Crippen molar-refractivity contribution >= 4 is 0 Å². The van der Waals surface area contributed by atoms with Crippen LogP contribution in [0.1, 0.15) is 34.6 Å². The predicted octanol–water partition coefficient (Wildman–Crippen LogP) is 1.32. The highest BCUT2D eigenvalue weighted by molar-refractivity contribution is 4.82. The van der Waals surface area contributed by atoms with Crippen molar-refractivity contribution in [3.63, 3.8) is 0 Å². The first-order valence-corrected chi connectivity index (χ1v) is 4.40. The largest absolute Gasteiger partial charge is 0.399 e. The highest BCUT2D eigenvalue weighted by atomic mass is 15.8. The molecule has 1 aliphatic rings. The monoisotopic (exact) mass is 170 g/mol. The minimum atomic E-state index is 0.0349. The Balaban J connectivity index is 2.54. The van der Waals surface area contributed by atoms with Gasteiger partial charge in [0.1, 0.15) is 5.54 Å². The van der Waals surface area contributed by atoms with Gasteiger partial charge in [-0.2, -0.15) is 5.11 Å². The maximum absolute atomic E-state index is 4.44. The van der Waals surface area contributed by atoms with Crippen LogP contribution in [0.15, 0.2) is 10.3 Å². The van der Waals surface area contributed by atoms with Crippen molar-refractivity contribution in [3.05, 3.63) is 5.43 Å². The predicted molar refractivity (Wildman–Crippen MR) is 47.6 cm³/mol. The number of hydrogen-bond acceptors (Lipinski definition) is 2. The zero-order chi connectivity index (χ0) is 9.35. The Hall–Kier alpha value is -0.480. The van der Waals surface area contributed by atoms with Gasteiger partial charge >= 0.3 is 0 Å². The van der Waals surface area contributed by atoms with Gasteiger partial charge < -0.3 is 5.43 Å². The summed E-state index contributed by atoms with van der Waals surface area (Å²) in [5.74, 6) is 0.452. The normalized spacial score (nSPS) is 30.2. The van der Waals surface area contributed by atoms with E-state index in [0.717, 1.165) is 5.12 Å². The molecule has 0 aromatic carbocycles. The van der Waals surface area contributed by atoms with Crippen LogP contribution in [-0.4, -0.2) is 11.7 Å². The van der Waals surface area contributed by atoms with Crippen molar-refractivity contribution in [1.82, 2.24) is 0 Å². The van der Waals surface area contributed by atoms with Crippen LogP contribution < -0.4 is 5.12 Å². The SMILES string of the molecule is CC(C)C1N=N[NH+](C(C)(C)C)[N-]1. The number of nitrogens with zero attached hydrogens (tertiary/aromatic N) is 3. The standard InChI is InChI=1S/C8H18N4/c1-6(2)7-9-11-12(10-7)8(3,4)5/h6-7,12H,1-5H3. The molecule has 0 saturated carbocycles. The summed E-state index contributed by atoms with van der Waals surface area (Å²) in [6.07, 6.45) is 0.0548. The zero-order valence-corrected chi connectivity index (χ0v) is 8.50. The average Bonchev–Trinajstić information content (AvgIpc) is 2.30. The minimum absolute atomic E-state index is 0.0349. The summed E-state index contributed by atoms with van der Waals surface area (Å²) < 4.78 is 0. The molecule has 1 N–H and O–H groups in total. The molecule has 0 amide bonds. The molecule has 0 saturated heterocycles. The maximum atomic E-state index is 4.44. The number of rotatable bonds is 1. The Morgan fingerprint density at radius 3 is 2.17 bits per heavy atom. The van der Waals surface area contributed by atoms with Gasteiger partial charge in [-0.25, -0.2) is 5.12 Å². The van der Waals surface area contributed by atoms with E-state index in [1.165, 1.54) is 0 Å². The zero-order valence-electron chi connectivity index (χ0n) is 8.50. The van der Waals surface area contributed by atoms with E-state index in [2.05, 4.69) is 50.4 Å². The lowest BCUT2D eigenvalue weighted by Crippen LogP contribution is -3.10. The third-order valence-corrected chi connectivity index (χ3v) is 1.79. The smallest absolute Gasteiger partial charge is 0.105 e. The van der Waals surface area contributed by atoms with Crippen LogP contribution in [0, 0.1) is 5.92 Å². The van der Waals surface area contributed by atoms with Gasteiger partial charge in [0, 0.05) is 11.4 Å². The molecule has 1 heterocycles. The van der Waals surface area contributed by atoms with Gasteiger partial charge in [0.15, 0.2) is 0 Å². The van der Waals surface area contributed by atoms with Gasteiger partial charge in [-0.3, -0.25) is 0 Å². The molecular formula is C8H18N4. The van der Waals surface area contributed by atoms with E-state index < -0.39 is 0 Å². The van der Waals surface area contributed by atoms with E-state index in [0.29, 0.717) is 5.92 Å². The minimum Gasteiger partial charge on any atom is -0.399 e. The fourth-order valence-corrected chi connectivity index (χ4v) is 0.917. The van der Waals surface area contributed by atoms with E-state index >= 15 is 0 Å². The first-order chi connectivity index (χ1) is 5.41. The Bertz CT molecular complexity index is 180. The van der Waals surface area contributed by atoms with E-state index in [9.17, 15) is 0 Å². The molecule has 1 aliphatic heterocycles. The Morgan fingerprint density at radius 2 is 1.92 bits per heavy atom. The summed E-state index contributed by atoms with van der Waals surface area (Å²) in [7, 11) is 0. The molecule has 0 aromatic rings. The molecule has 0 radical (unpaired) electrons. The second-order valence-corrected chi connectivity index (χ2v) is 4.58. The molecule has 0 fully saturated rings. The highest BCUT2D eigenvalue weighted by Crippen LogP contribution is 2.14. The Morgan fingerprint density at radius 1 is 1.33 bits per heavy atom. The van der Waals surface area contributed by atoms with Crippen LogP contribution >= 0.6 is 0 Å². The van der Waals surface area contributed by atoms with Crippen LogP contribution in [0.5, 0.6) is 0 Å². The van der Waals surface area contributed by atoms with E-state index in [4.69, 9.17) is 0 Å². The summed E-state index contributed by atoms with van der Waals surface area (Å²) in [6.45, 7) is 10.5. The van der Waals surface area contributed by atoms with Crippen LogP contribution in [0.25, 0.3) is 5.43 Å². The maximum Gasteiger partial charge on any atom is 0.105 e. The summed E-state index contributed by atoms with van der Waals surface area (Å²) in [5, 5.41) is 9.07. The van der Waals surface area contributed by atoms with E-state index in [1.807, 2.05) is 0 Å². The molecule has 2 unspecified atom stereocenters. The van der Waals surface area contributed by atoms with Crippen molar-refractivity contribution in [2.75, 3.05) is 0 Å². The van der Waals surface area contributed by atoms with Crippen molar-refractivity contribution in [2.24, 2.45) is 16.3 Å². The van der Waals surface area contributed by atoms with Crippen LogP contribution in [0.4, 0.5) is 0 Å². The molecule has 0 aliphatic carbocycles. The average molecular weight is 170 g/mol. The lowest BCUT2D eigenvalue weighted by atomic mass is 10.1. The summed E-state index contributed by atoms with van der Waals surface area (Å²) in [4.78, 5) is 0. The van der Waals surface area contributed by atoms with Crippen LogP contribution in [0.3, 0.4) is 0 Å². The quantitative estimate of drug-likeness (QED) is 0.617. The molecule has 70 valence electrons. The van der Waals surface area contributed by atoms with E-state index in [-0.39, 0.29) is 11.7 Å². The molecule has 0 aromatic heterocycles. The first-order valence-electron chi connectivity index (χ1n) is 4.40. The van der Waals surface area contributed by atoms with Gasteiger partial charge in [-0.15, -0.1) is 0 Å². The number of hydrogen-bond donors (Lipinski definition) is 1. The van der Waals surface area contributed by atoms with Crippen LogP contribution in [-0.2, 0) is 0 Å². The summed E-state index contributed by atoms with van der Waals surface area (Å²) in [5.41, 5.74) is 4.48. The van der Waals surface area contributed by atoms with Crippen LogP contribution in [0.2, 0.25) is 0 Å². The van der Waals surface area contributed by atoms with Gasteiger partial charge in [-0.05, 0) is 26.7 Å². The lowest BCUT2D eigenvalue weighted by Gasteiger charge is -2.33. The molecule has 0 bridgehead atoms. The van der Waals surface area contributed by atoms with E-state index in [1.54, 1.807) is 0 Å². The highest BCUT2D eigenvalue weighted by Gasteiger charge is 2.26. The van der Waals surface area contributed by atoms with Gasteiger partial charge in [0.25, 0.3) is 0 Å². The third-order valence-electron chi connectivity index (χ3n) is 1.79. The molecule has 1 rings (SSSR count). The second kappa shape index (κ2) is 3.11. The fourth-order valence-electron chi connectivity index (χ4n) is 0.917. The van der Waals surface area contributed by atoms with Crippen molar-refractivity contribution in [3.8, 4) is 0 Å². The fraction of sp³-hybridized carbons (Fsp3) is 1.00. The Labute approximate surface area is 74.0 Å². The van der Waals surface area contributed by atoms with Crippen molar-refractivity contribution in [1.29, 1.82) is 0 Å². The summed E-state index contributed by atoms with van der Waals surface area (Å²) in [6, 6.07) is 0. The lowest BCUT2D eigenvalue weighted by molar-refractivity contribution is -0.917. The molecule has 0 spiro atoms. The van der Waals surface area contributed by atoms with Gasteiger partial charge in [0.2, 0.25) is 0 Å².